The molecule has 2 N–H and O–H groups in total. The van der Waals surface area contributed by atoms with Gasteiger partial charge >= 0.3 is 0 Å². The Balaban J connectivity index is 1.81. The third-order valence-electron chi connectivity index (χ3n) is 2.92. The number of amides is 2. The number of aromatic nitrogens is 2. The molecule has 0 aliphatic carbocycles. The van der Waals surface area contributed by atoms with E-state index in [1.807, 2.05) is 24.3 Å². The minimum Gasteiger partial charge on any atom is -0.497 e. The van der Waals surface area contributed by atoms with Gasteiger partial charge in [0.15, 0.2) is 0 Å². The van der Waals surface area contributed by atoms with Crippen LogP contribution in [0.3, 0.4) is 0 Å². The zero-order valence-corrected chi connectivity index (χ0v) is 12.9. The lowest BCUT2D eigenvalue weighted by Crippen LogP contribution is -2.17. The molecule has 0 saturated carbocycles. The highest BCUT2D eigenvalue weighted by Crippen LogP contribution is 2.25. The van der Waals surface area contributed by atoms with Crippen molar-refractivity contribution in [2.24, 2.45) is 0 Å². The number of rotatable bonds is 4. The van der Waals surface area contributed by atoms with Crippen LogP contribution >= 0.6 is 11.8 Å². The maximum Gasteiger partial charge on any atom is 0.290 e. The lowest BCUT2D eigenvalue weighted by atomic mass is 10.3. The summed E-state index contributed by atoms with van der Waals surface area (Å²) >= 11 is 0.847. The summed E-state index contributed by atoms with van der Waals surface area (Å²) in [6.45, 7) is 0. The van der Waals surface area contributed by atoms with Crippen molar-refractivity contribution < 1.29 is 14.3 Å². The summed E-state index contributed by atoms with van der Waals surface area (Å²) in [6, 6.07) is 9.00. The number of methoxy groups -OCH3 is 1. The quantitative estimate of drug-likeness (QED) is 0.833. The number of hydrogen-bond acceptors (Lipinski definition) is 7. The van der Waals surface area contributed by atoms with Crippen LogP contribution < -0.4 is 15.4 Å². The fourth-order valence-electron chi connectivity index (χ4n) is 1.90. The summed E-state index contributed by atoms with van der Waals surface area (Å²) in [6.07, 6.45) is 3.12. The molecule has 2 aromatic rings. The van der Waals surface area contributed by atoms with Crippen LogP contribution in [-0.2, 0) is 4.79 Å². The van der Waals surface area contributed by atoms with E-state index in [9.17, 15) is 9.59 Å². The zero-order valence-electron chi connectivity index (χ0n) is 12.1. The van der Waals surface area contributed by atoms with Gasteiger partial charge in [0, 0.05) is 18.0 Å². The van der Waals surface area contributed by atoms with Crippen molar-refractivity contribution in [2.75, 3.05) is 12.4 Å². The molecule has 2 heterocycles. The summed E-state index contributed by atoms with van der Waals surface area (Å²) < 4.78 is 5.16. The van der Waals surface area contributed by atoms with Gasteiger partial charge in [0.05, 0.1) is 17.7 Å². The smallest absolute Gasteiger partial charge is 0.290 e. The average Bonchev–Trinajstić information content (AvgIpc) is 2.85. The van der Waals surface area contributed by atoms with Gasteiger partial charge < -0.3 is 10.1 Å². The first kappa shape index (κ1) is 15.0. The largest absolute Gasteiger partial charge is 0.497 e. The van der Waals surface area contributed by atoms with Gasteiger partial charge in [0.2, 0.25) is 5.95 Å². The molecule has 1 saturated heterocycles. The molecule has 1 aromatic heterocycles. The van der Waals surface area contributed by atoms with Crippen LogP contribution in [0.2, 0.25) is 0 Å². The number of thioether (sulfide) groups is 1. The highest BCUT2D eigenvalue weighted by Gasteiger charge is 2.25. The first-order valence-electron chi connectivity index (χ1n) is 6.63. The number of hydrogen-bond donors (Lipinski definition) is 2. The van der Waals surface area contributed by atoms with E-state index < -0.39 is 5.91 Å². The monoisotopic (exact) mass is 328 g/mol. The molecule has 0 spiro atoms. The maximum atomic E-state index is 11.5. The number of carbonyl (C=O) groups is 2. The van der Waals surface area contributed by atoms with Gasteiger partial charge in [0.1, 0.15) is 5.75 Å². The predicted molar refractivity (Wildman–Crippen MR) is 87.4 cm³/mol. The number of carbonyl (C=O) groups excluding carboxylic acids is 2. The normalized spacial score (nSPS) is 15.6. The molecule has 0 radical (unpaired) electrons. The second-order valence-electron chi connectivity index (χ2n) is 4.51. The Morgan fingerprint density at radius 1 is 1.30 bits per heavy atom. The topological polar surface area (TPSA) is 93.2 Å². The molecule has 3 rings (SSSR count). The molecule has 0 bridgehead atoms. The number of nitrogens with one attached hydrogen (secondary N) is 2. The van der Waals surface area contributed by atoms with Crippen LogP contribution in [-0.4, -0.2) is 28.2 Å². The Kier molecular flexibility index (Phi) is 4.24. The SMILES string of the molecule is COc1cccc(Nc2nccc(/C=C3/SC(=O)NC3=O)n2)c1. The highest BCUT2D eigenvalue weighted by molar-refractivity contribution is 8.18. The van der Waals surface area contributed by atoms with Crippen LogP contribution in [0.15, 0.2) is 41.4 Å². The van der Waals surface area contributed by atoms with Crippen LogP contribution in [0, 0.1) is 0 Å². The number of imide groups is 1. The fourth-order valence-corrected chi connectivity index (χ4v) is 2.57. The Bertz CT molecular complexity index is 807. The Labute approximate surface area is 136 Å². The van der Waals surface area contributed by atoms with E-state index in [1.165, 1.54) is 0 Å². The first-order valence-corrected chi connectivity index (χ1v) is 7.45. The summed E-state index contributed by atoms with van der Waals surface area (Å²) in [5.41, 5.74) is 1.30. The van der Waals surface area contributed by atoms with Gasteiger partial charge in [-0.05, 0) is 36.0 Å². The Morgan fingerprint density at radius 2 is 2.17 bits per heavy atom. The van der Waals surface area contributed by atoms with Crippen molar-refractivity contribution in [3.8, 4) is 5.75 Å². The lowest BCUT2D eigenvalue weighted by molar-refractivity contribution is -0.115. The standard InChI is InChI=1S/C15H12N4O3S/c1-22-11-4-2-3-9(7-11)17-14-16-6-5-10(18-14)8-12-13(20)19-15(21)23-12/h2-8H,1H3,(H,16,17,18)(H,19,20,21)/b12-8+. The molecule has 23 heavy (non-hydrogen) atoms. The van der Waals surface area contributed by atoms with Gasteiger partial charge in [-0.25, -0.2) is 9.97 Å². The molecule has 8 heteroatoms. The van der Waals surface area contributed by atoms with Crippen LogP contribution in [0.4, 0.5) is 16.4 Å². The molecule has 2 amide bonds. The van der Waals surface area contributed by atoms with Crippen molar-refractivity contribution in [2.45, 2.75) is 0 Å². The minimum atomic E-state index is -0.416. The third kappa shape index (κ3) is 3.67. The zero-order chi connectivity index (χ0) is 16.2. The van der Waals surface area contributed by atoms with Gasteiger partial charge in [-0.2, -0.15) is 0 Å². The van der Waals surface area contributed by atoms with Crippen LogP contribution in [0.5, 0.6) is 5.75 Å². The van der Waals surface area contributed by atoms with Gasteiger partial charge in [0.25, 0.3) is 11.1 Å². The number of anilines is 2. The molecule has 0 atom stereocenters. The van der Waals surface area contributed by atoms with E-state index in [1.54, 1.807) is 25.4 Å². The molecule has 1 aliphatic rings. The van der Waals surface area contributed by atoms with Crippen LogP contribution in [0.25, 0.3) is 6.08 Å². The van der Waals surface area contributed by atoms with Crippen LogP contribution in [0.1, 0.15) is 5.69 Å². The lowest BCUT2D eigenvalue weighted by Gasteiger charge is -2.07. The minimum absolute atomic E-state index is 0.307. The van der Waals surface area contributed by atoms with E-state index in [0.717, 1.165) is 17.4 Å². The average molecular weight is 328 g/mol. The summed E-state index contributed by atoms with van der Waals surface area (Å²) in [7, 11) is 1.59. The molecular weight excluding hydrogens is 316 g/mol. The maximum absolute atomic E-state index is 11.5. The van der Waals surface area contributed by atoms with Gasteiger partial charge in [-0.15, -0.1) is 0 Å². The number of benzene rings is 1. The number of ether oxygens (including phenoxy) is 1. The fraction of sp³-hybridized carbons (Fsp3) is 0.0667. The highest BCUT2D eigenvalue weighted by atomic mass is 32.2. The Morgan fingerprint density at radius 3 is 2.91 bits per heavy atom. The second-order valence-corrected chi connectivity index (χ2v) is 5.53. The molecular formula is C15H12N4O3S. The number of nitrogens with zero attached hydrogens (tertiary/aromatic N) is 2. The van der Waals surface area contributed by atoms with Gasteiger partial charge in [-0.3, -0.25) is 14.9 Å². The molecule has 7 nitrogen and oxygen atoms in total. The van der Waals surface area contributed by atoms with Crippen molar-refractivity contribution in [1.29, 1.82) is 0 Å². The third-order valence-corrected chi connectivity index (χ3v) is 3.73. The second kappa shape index (κ2) is 6.49. The van der Waals surface area contributed by atoms with E-state index in [4.69, 9.17) is 4.74 Å². The van der Waals surface area contributed by atoms with Crippen molar-refractivity contribution in [3.63, 3.8) is 0 Å². The molecule has 1 fully saturated rings. The molecule has 1 aromatic carbocycles. The first-order chi connectivity index (χ1) is 11.1. The van der Waals surface area contributed by atoms with Crippen molar-refractivity contribution in [3.05, 3.63) is 47.1 Å². The summed E-state index contributed by atoms with van der Waals surface area (Å²) in [5, 5.41) is 4.87. The summed E-state index contributed by atoms with van der Waals surface area (Å²) in [5.74, 6) is 0.675. The summed E-state index contributed by atoms with van der Waals surface area (Å²) in [4.78, 5) is 31.4. The van der Waals surface area contributed by atoms with Crippen molar-refractivity contribution >= 4 is 40.6 Å². The Hall–Kier alpha value is -2.87. The van der Waals surface area contributed by atoms with Gasteiger partial charge in [-0.1, -0.05) is 6.07 Å². The molecule has 116 valence electrons. The predicted octanol–water partition coefficient (Wildman–Crippen LogP) is 2.55. The molecule has 1 aliphatic heterocycles. The van der Waals surface area contributed by atoms with E-state index in [2.05, 4.69) is 20.6 Å². The van der Waals surface area contributed by atoms with E-state index >= 15 is 0 Å². The molecule has 0 unspecified atom stereocenters. The van der Waals surface area contributed by atoms with E-state index in [-0.39, 0.29) is 5.24 Å². The van der Waals surface area contributed by atoms with Crippen molar-refractivity contribution in [1.82, 2.24) is 15.3 Å². The van der Waals surface area contributed by atoms with E-state index in [0.29, 0.717) is 22.3 Å².